The molecule has 0 unspecified atom stereocenters. The van der Waals surface area contributed by atoms with Crippen LogP contribution in [0.3, 0.4) is 0 Å². The largest absolute Gasteiger partial charge is 0.310 e. The Hall–Kier alpha value is -14.9. The Morgan fingerprint density at radius 3 is 0.932 bits per heavy atom. The van der Waals surface area contributed by atoms with Crippen molar-refractivity contribution in [1.29, 1.82) is 0 Å². The zero-order chi connectivity index (χ0) is 78.0. The molecule has 22 rings (SSSR count). The van der Waals surface area contributed by atoms with Crippen molar-refractivity contribution in [3.05, 3.63) is 413 Å². The van der Waals surface area contributed by atoms with Crippen molar-refractivity contribution < 1.29 is 0 Å². The molecule has 118 heavy (non-hydrogen) atoms. The van der Waals surface area contributed by atoms with Gasteiger partial charge >= 0.3 is 0 Å². The predicted molar refractivity (Wildman–Crippen MR) is 489 cm³/mol. The number of para-hydroxylation sites is 2. The van der Waals surface area contributed by atoms with Crippen LogP contribution in [0.5, 0.6) is 0 Å². The van der Waals surface area contributed by atoms with Crippen LogP contribution in [-0.2, 0) is 0 Å². The number of anilines is 6. The van der Waals surface area contributed by atoms with E-state index in [4.69, 9.17) is 29.9 Å². The smallest absolute Gasteiger partial charge is 0.164 e. The van der Waals surface area contributed by atoms with Gasteiger partial charge in [-0.2, -0.15) is 0 Å². The van der Waals surface area contributed by atoms with Crippen LogP contribution in [0.4, 0.5) is 34.1 Å². The van der Waals surface area contributed by atoms with Gasteiger partial charge < -0.3 is 9.80 Å². The fourth-order valence-corrected chi connectivity index (χ4v) is 19.1. The van der Waals surface area contributed by atoms with E-state index in [0.717, 1.165) is 117 Å². The van der Waals surface area contributed by atoms with Gasteiger partial charge in [0.15, 0.2) is 34.9 Å². The van der Waals surface area contributed by atoms with Crippen LogP contribution < -0.4 is 9.80 Å². The van der Waals surface area contributed by atoms with E-state index in [1.807, 2.05) is 41.7 Å². The lowest BCUT2D eigenvalue weighted by atomic mass is 9.94. The lowest BCUT2D eigenvalue weighted by Crippen LogP contribution is -2.10. The molecule has 0 bridgehead atoms. The lowest BCUT2D eigenvalue weighted by Gasteiger charge is -2.28. The van der Waals surface area contributed by atoms with E-state index in [-0.39, 0.29) is 0 Å². The summed E-state index contributed by atoms with van der Waals surface area (Å²) in [7, 11) is 0. The molecule has 0 saturated carbocycles. The zero-order valence-corrected chi connectivity index (χ0v) is 65.3. The molecule has 0 saturated heterocycles. The van der Waals surface area contributed by atoms with Crippen LogP contribution in [-0.4, -0.2) is 29.9 Å². The summed E-state index contributed by atoms with van der Waals surface area (Å²) in [5.74, 6) is 3.68. The highest BCUT2D eigenvalue weighted by molar-refractivity contribution is 8.00. The normalized spacial score (nSPS) is 11.8. The Kier molecular flexibility index (Phi) is 17.6. The number of hydrogen-bond acceptors (Lipinski definition) is 10. The van der Waals surface area contributed by atoms with Crippen LogP contribution >= 0.6 is 23.5 Å². The van der Waals surface area contributed by atoms with E-state index in [0.29, 0.717) is 34.9 Å². The number of aromatic nitrogens is 6. The second-order valence-corrected chi connectivity index (χ2v) is 31.9. The van der Waals surface area contributed by atoms with Crippen molar-refractivity contribution in [2.45, 2.75) is 19.6 Å². The summed E-state index contributed by atoms with van der Waals surface area (Å²) in [5, 5.41) is 6.85. The fraction of sp³-hybridized carbons (Fsp3) is 0. The number of benzene rings is 18. The monoisotopic (exact) mass is 1540 g/mol. The Labute approximate surface area is 691 Å². The Morgan fingerprint density at radius 2 is 0.466 bits per heavy atom. The van der Waals surface area contributed by atoms with Gasteiger partial charge in [0.1, 0.15) is 0 Å². The molecule has 552 valence electrons. The van der Waals surface area contributed by atoms with E-state index in [2.05, 4.69) is 404 Å². The Morgan fingerprint density at radius 1 is 0.161 bits per heavy atom. The van der Waals surface area contributed by atoms with Crippen molar-refractivity contribution in [2.75, 3.05) is 9.80 Å². The van der Waals surface area contributed by atoms with Gasteiger partial charge in [-0.1, -0.05) is 315 Å². The van der Waals surface area contributed by atoms with Gasteiger partial charge in [0.25, 0.3) is 0 Å². The first-order valence-corrected chi connectivity index (χ1v) is 41.2. The van der Waals surface area contributed by atoms with Crippen LogP contribution in [0.1, 0.15) is 0 Å². The van der Waals surface area contributed by atoms with Crippen molar-refractivity contribution in [2.24, 2.45) is 0 Å². The lowest BCUT2D eigenvalue weighted by molar-refractivity contribution is 1.08. The van der Waals surface area contributed by atoms with Gasteiger partial charge in [-0.15, -0.1) is 0 Å². The minimum atomic E-state index is 0.586. The average molecular weight is 1540 g/mol. The number of fused-ring (bicyclic) bond motifs is 5. The molecule has 0 fully saturated rings. The summed E-state index contributed by atoms with van der Waals surface area (Å²) in [6, 6.07) is 147. The average Bonchev–Trinajstić information content (AvgIpc) is 0.734. The molecule has 2 aliphatic rings. The highest BCUT2D eigenvalue weighted by atomic mass is 32.2. The molecule has 2 aromatic heterocycles. The van der Waals surface area contributed by atoms with Crippen LogP contribution in [0, 0.1) is 0 Å². The maximum atomic E-state index is 5.49. The molecule has 10 heteroatoms. The molecule has 2 aliphatic heterocycles. The van der Waals surface area contributed by atoms with E-state index in [1.54, 1.807) is 0 Å². The van der Waals surface area contributed by atoms with Gasteiger partial charge in [-0.05, 0) is 210 Å². The third-order valence-corrected chi connectivity index (χ3v) is 24.8. The quantitative estimate of drug-likeness (QED) is 0.0933. The second kappa shape index (κ2) is 29.8. The first-order valence-electron chi connectivity index (χ1n) is 39.6. The summed E-state index contributed by atoms with van der Waals surface area (Å²) in [6.45, 7) is 0. The second-order valence-electron chi connectivity index (χ2n) is 29.7. The molecule has 4 heterocycles. The van der Waals surface area contributed by atoms with Gasteiger partial charge in [0.05, 0.1) is 0 Å². The molecule has 0 radical (unpaired) electrons. The molecule has 0 atom stereocenters. The molecule has 8 nitrogen and oxygen atoms in total. The first kappa shape index (κ1) is 69.7. The fourth-order valence-electron chi connectivity index (χ4n) is 16.8. The number of hydrogen-bond donors (Lipinski definition) is 0. The van der Waals surface area contributed by atoms with E-state index < -0.39 is 0 Å². The molecular formula is C108H68N8S2. The van der Waals surface area contributed by atoms with Gasteiger partial charge in [0.2, 0.25) is 0 Å². The number of nitrogens with zero attached hydrogens (tertiary/aromatic N) is 8. The maximum absolute atomic E-state index is 5.49. The van der Waals surface area contributed by atoms with Crippen molar-refractivity contribution in [3.63, 3.8) is 0 Å². The number of rotatable bonds is 16. The molecule has 0 amide bonds. The van der Waals surface area contributed by atoms with Gasteiger partial charge in [0, 0.05) is 97.9 Å². The third-order valence-electron chi connectivity index (χ3n) is 22.5. The molecule has 0 spiro atoms. The summed E-state index contributed by atoms with van der Waals surface area (Å²) >= 11 is 3.62. The first-order chi connectivity index (χ1) is 58.4. The van der Waals surface area contributed by atoms with Crippen LogP contribution in [0.2, 0.25) is 0 Å². The predicted octanol–water partition coefficient (Wildman–Crippen LogP) is 29.4. The summed E-state index contributed by atoms with van der Waals surface area (Å²) in [4.78, 5) is 41.3. The molecule has 20 aromatic rings. The van der Waals surface area contributed by atoms with Gasteiger partial charge in [-0.25, -0.2) is 29.9 Å². The summed E-state index contributed by atoms with van der Waals surface area (Å²) < 4.78 is 0. The minimum Gasteiger partial charge on any atom is -0.310 e. The highest BCUT2D eigenvalue weighted by Gasteiger charge is 2.28. The van der Waals surface area contributed by atoms with Gasteiger partial charge in [-0.3, -0.25) is 0 Å². The molecule has 0 aliphatic carbocycles. The molecular weight excluding hydrogens is 1470 g/mol. The van der Waals surface area contributed by atoms with E-state index in [1.165, 1.54) is 69.1 Å². The highest BCUT2D eigenvalue weighted by Crippen LogP contribution is 2.54. The molecule has 0 N–H and O–H groups in total. The minimum absolute atomic E-state index is 0.586. The summed E-state index contributed by atoms with van der Waals surface area (Å²) in [5.41, 5.74) is 25.6. The Balaban J connectivity index is 0.575. The zero-order valence-electron chi connectivity index (χ0n) is 63.7. The van der Waals surface area contributed by atoms with Crippen molar-refractivity contribution in [3.8, 4) is 135 Å². The summed E-state index contributed by atoms with van der Waals surface area (Å²) in [6.07, 6.45) is 0. The maximum Gasteiger partial charge on any atom is 0.164 e. The standard InChI is InChI=1S/C108H68N8S2/c1-6-23-69(24-7-1)72-47-51-85(52-48-72)115(83-37-12-4-13-38-83)87-55-57-90-92-42-22-44-94-96(60-62-98(102(92)94)118-99(90)67-87)108-112-104(80-35-19-32-77(64-80)70-25-8-2-9-26-70)110-105(113-108)81-36-20-34-79(66-81)78-33-18-31-76(63-78)73-49-53-86(54-50-73)116(84-39-14-5-15-40-84)88-56-58-89-91-41-21-43-93-95(59-61-97(101(91)93)117-100(89)68-88)107-111-103(74-28-10-3-11-29-74)109-106(114-107)82-46-45-71-27-16-17-30-75(71)65-82/h1-68H. The van der Waals surface area contributed by atoms with Crippen molar-refractivity contribution >= 4 is 90.0 Å². The van der Waals surface area contributed by atoms with E-state index in [9.17, 15) is 0 Å². The van der Waals surface area contributed by atoms with Crippen molar-refractivity contribution in [1.82, 2.24) is 29.9 Å². The topological polar surface area (TPSA) is 83.8 Å². The van der Waals surface area contributed by atoms with E-state index >= 15 is 0 Å². The SMILES string of the molecule is c1ccc(-c2ccc(N(c3ccccc3)c3ccc4c(c3)Sc3ccc(-c5nc(-c6cccc(-c7ccccc7)c6)nc(-c6cccc(-c7cccc(-c8ccc(N(c9ccccc9)c9ccc%10c(c9)Sc9ccc(-c%11nc(-c%12ccccc%12)nc(-c%12ccc%13ccccc%13c%12)n%11)c%11cccc-%10c9%11)cc8)c7)c6)n5)c5cccc-4c35)cc2)cc1. The van der Waals surface area contributed by atoms with Crippen LogP contribution in [0.15, 0.2) is 432 Å². The Bertz CT molecular complexity index is 7300. The van der Waals surface area contributed by atoms with Crippen LogP contribution in [0.25, 0.3) is 167 Å². The third kappa shape index (κ3) is 13.0. The molecule has 18 aromatic carbocycles.